The number of rotatable bonds is 6. The molecule has 0 radical (unpaired) electrons. The first kappa shape index (κ1) is 17.5. The highest BCUT2D eigenvalue weighted by Crippen LogP contribution is 2.20. The quantitative estimate of drug-likeness (QED) is 0.535. The number of nitrogens with zero attached hydrogens (tertiary/aromatic N) is 3. The summed E-state index contributed by atoms with van der Waals surface area (Å²) < 4.78 is 0. The molecule has 136 valence electrons. The van der Waals surface area contributed by atoms with Crippen molar-refractivity contribution < 1.29 is 4.79 Å². The number of aromatic amines is 1. The second kappa shape index (κ2) is 7.75. The van der Waals surface area contributed by atoms with E-state index in [4.69, 9.17) is 0 Å². The largest absolute Gasteiger partial charge is 0.341 e. The maximum absolute atomic E-state index is 12.8. The van der Waals surface area contributed by atoms with Gasteiger partial charge in [0, 0.05) is 0 Å². The predicted molar refractivity (Wildman–Crippen MR) is 109 cm³/mol. The van der Waals surface area contributed by atoms with Crippen LogP contribution in [0.1, 0.15) is 28.8 Å². The number of carbonyl (C=O) groups excluding carboxylic acids is 1. The summed E-state index contributed by atoms with van der Waals surface area (Å²) in [7, 11) is 0. The Morgan fingerprint density at radius 1 is 1.07 bits per heavy atom. The summed E-state index contributed by atoms with van der Waals surface area (Å²) in [4.78, 5) is 29.5. The number of imidazole rings is 1. The zero-order valence-corrected chi connectivity index (χ0v) is 15.7. The molecule has 0 saturated carbocycles. The molecule has 0 unspecified atom stereocenters. The van der Waals surface area contributed by atoms with E-state index in [2.05, 4.69) is 25.3 Å². The van der Waals surface area contributed by atoms with Gasteiger partial charge in [-0.15, -0.1) is 0 Å². The fourth-order valence-electron chi connectivity index (χ4n) is 2.95. The number of hydrogen-bond acceptors (Lipinski definition) is 5. The zero-order chi connectivity index (χ0) is 18.6. The highest BCUT2D eigenvalue weighted by Gasteiger charge is 2.20. The van der Waals surface area contributed by atoms with Gasteiger partial charge in [0.25, 0.3) is 5.91 Å². The lowest BCUT2D eigenvalue weighted by molar-refractivity contribution is 0.0929. The molecule has 4 aromatic rings. The Morgan fingerprint density at radius 3 is 2.59 bits per heavy atom. The van der Waals surface area contributed by atoms with E-state index in [1.54, 1.807) is 11.8 Å². The molecule has 1 atom stereocenters. The van der Waals surface area contributed by atoms with Crippen molar-refractivity contribution in [3.8, 4) is 0 Å². The first-order chi connectivity index (χ1) is 13.2. The summed E-state index contributed by atoms with van der Waals surface area (Å²) in [5.41, 5.74) is 3.63. The highest BCUT2D eigenvalue weighted by atomic mass is 32.2. The number of nitrogens with one attached hydrogen (secondary N) is 2. The van der Waals surface area contributed by atoms with Crippen LogP contribution in [-0.2, 0) is 0 Å². The summed E-state index contributed by atoms with van der Waals surface area (Å²) in [5.74, 6) is 1.41. The molecule has 0 saturated heterocycles. The van der Waals surface area contributed by atoms with Gasteiger partial charge in [0.2, 0.25) is 0 Å². The third-order valence-electron chi connectivity index (χ3n) is 4.33. The van der Waals surface area contributed by atoms with Crippen molar-refractivity contribution in [3.05, 3.63) is 66.2 Å². The van der Waals surface area contributed by atoms with E-state index in [0.717, 1.165) is 34.5 Å². The van der Waals surface area contributed by atoms with Crippen LogP contribution in [0.2, 0.25) is 0 Å². The monoisotopic (exact) mass is 377 g/mol. The lowest BCUT2D eigenvalue weighted by atomic mass is 10.2. The first-order valence-electron chi connectivity index (χ1n) is 8.71. The molecule has 2 heterocycles. The molecule has 2 aromatic heterocycles. The van der Waals surface area contributed by atoms with Crippen molar-refractivity contribution in [3.63, 3.8) is 0 Å². The molecular weight excluding hydrogens is 358 g/mol. The minimum absolute atomic E-state index is 0.217. The Balaban J connectivity index is 1.60. The maximum Gasteiger partial charge on any atom is 0.272 e. The lowest BCUT2D eigenvalue weighted by Crippen LogP contribution is -2.30. The summed E-state index contributed by atoms with van der Waals surface area (Å²) in [6.45, 7) is 0. The molecule has 6 nitrogen and oxygen atoms in total. The second-order valence-corrected chi connectivity index (χ2v) is 7.18. The van der Waals surface area contributed by atoms with Crippen molar-refractivity contribution >= 4 is 39.7 Å². The number of carbonyl (C=O) groups is 1. The van der Waals surface area contributed by atoms with Gasteiger partial charge in [0.1, 0.15) is 11.5 Å². The fraction of sp³-hybridized carbons (Fsp3) is 0.200. The van der Waals surface area contributed by atoms with E-state index in [0.29, 0.717) is 11.2 Å². The average molecular weight is 377 g/mol. The number of H-pyrrole nitrogens is 1. The van der Waals surface area contributed by atoms with Gasteiger partial charge in [-0.3, -0.25) is 9.78 Å². The van der Waals surface area contributed by atoms with Crippen LogP contribution in [-0.4, -0.2) is 37.9 Å². The standard InChI is InChI=1S/C20H19N5OS/c1-27-11-10-17(19-23-15-8-4-5-9-16(15)24-19)25-20(26)18-12-21-13-6-2-3-7-14(13)22-18/h2-9,12,17H,10-11H2,1H3,(H,23,24)(H,25,26)/t17-/m0/s1. The summed E-state index contributed by atoms with van der Waals surface area (Å²) in [6.07, 6.45) is 4.34. The van der Waals surface area contributed by atoms with E-state index < -0.39 is 0 Å². The van der Waals surface area contributed by atoms with Gasteiger partial charge >= 0.3 is 0 Å². The van der Waals surface area contributed by atoms with Crippen molar-refractivity contribution in [2.75, 3.05) is 12.0 Å². The minimum atomic E-state index is -0.250. The number of amides is 1. The van der Waals surface area contributed by atoms with Crippen LogP contribution in [0.15, 0.2) is 54.7 Å². The molecule has 0 spiro atoms. The lowest BCUT2D eigenvalue weighted by Gasteiger charge is -2.16. The van der Waals surface area contributed by atoms with Crippen LogP contribution in [0.25, 0.3) is 22.1 Å². The molecule has 2 N–H and O–H groups in total. The third kappa shape index (κ3) is 3.78. The molecule has 0 aliphatic rings. The van der Waals surface area contributed by atoms with Gasteiger partial charge in [-0.25, -0.2) is 9.97 Å². The Morgan fingerprint density at radius 2 is 1.81 bits per heavy atom. The molecule has 4 rings (SSSR count). The summed E-state index contributed by atoms with van der Waals surface area (Å²) in [6, 6.07) is 15.1. The van der Waals surface area contributed by atoms with E-state index in [1.807, 2.05) is 54.8 Å². The van der Waals surface area contributed by atoms with Crippen molar-refractivity contribution in [1.82, 2.24) is 25.3 Å². The van der Waals surface area contributed by atoms with E-state index >= 15 is 0 Å². The number of para-hydroxylation sites is 4. The second-order valence-electron chi connectivity index (χ2n) is 6.19. The molecular formula is C20H19N5OS. The Kier molecular flexibility index (Phi) is 5.02. The Bertz CT molecular complexity index is 1060. The van der Waals surface area contributed by atoms with Crippen LogP contribution >= 0.6 is 11.8 Å². The van der Waals surface area contributed by atoms with Crippen molar-refractivity contribution in [2.45, 2.75) is 12.5 Å². The fourth-order valence-corrected chi connectivity index (χ4v) is 3.42. The van der Waals surface area contributed by atoms with Crippen LogP contribution in [0, 0.1) is 0 Å². The van der Waals surface area contributed by atoms with E-state index in [1.165, 1.54) is 6.20 Å². The maximum atomic E-state index is 12.8. The van der Waals surface area contributed by atoms with Crippen molar-refractivity contribution in [2.24, 2.45) is 0 Å². The number of fused-ring (bicyclic) bond motifs is 2. The molecule has 0 bridgehead atoms. The Labute approximate surface area is 160 Å². The van der Waals surface area contributed by atoms with E-state index in [9.17, 15) is 4.79 Å². The molecule has 0 fully saturated rings. The number of aromatic nitrogens is 4. The van der Waals surface area contributed by atoms with E-state index in [-0.39, 0.29) is 11.9 Å². The van der Waals surface area contributed by atoms with Crippen LogP contribution in [0.4, 0.5) is 0 Å². The van der Waals surface area contributed by atoms with Crippen LogP contribution in [0.5, 0.6) is 0 Å². The smallest absolute Gasteiger partial charge is 0.272 e. The number of benzene rings is 2. The predicted octanol–water partition coefficient (Wildman–Crippen LogP) is 3.73. The average Bonchev–Trinajstić information content (AvgIpc) is 3.14. The SMILES string of the molecule is CSCC[C@H](NC(=O)c1cnc2ccccc2n1)c1nc2ccccc2[nH]1. The summed E-state index contributed by atoms with van der Waals surface area (Å²) >= 11 is 1.74. The molecule has 1 amide bonds. The van der Waals surface area contributed by atoms with Gasteiger partial charge in [-0.05, 0) is 42.7 Å². The molecule has 7 heteroatoms. The molecule has 27 heavy (non-hydrogen) atoms. The van der Waals surface area contributed by atoms with Crippen LogP contribution < -0.4 is 5.32 Å². The van der Waals surface area contributed by atoms with Gasteiger partial charge in [0.15, 0.2) is 0 Å². The zero-order valence-electron chi connectivity index (χ0n) is 14.8. The van der Waals surface area contributed by atoms with Gasteiger partial charge in [-0.2, -0.15) is 11.8 Å². The van der Waals surface area contributed by atoms with Gasteiger partial charge in [-0.1, -0.05) is 24.3 Å². The number of thioether (sulfide) groups is 1. The first-order valence-corrected chi connectivity index (χ1v) is 10.1. The van der Waals surface area contributed by atoms with Crippen LogP contribution in [0.3, 0.4) is 0 Å². The topological polar surface area (TPSA) is 83.6 Å². The number of hydrogen-bond donors (Lipinski definition) is 2. The molecule has 0 aliphatic heterocycles. The summed E-state index contributed by atoms with van der Waals surface area (Å²) in [5, 5.41) is 3.06. The highest BCUT2D eigenvalue weighted by molar-refractivity contribution is 7.98. The molecule has 0 aliphatic carbocycles. The van der Waals surface area contributed by atoms with Gasteiger partial charge in [0.05, 0.1) is 34.3 Å². The molecule has 2 aromatic carbocycles. The normalized spacial score (nSPS) is 12.3. The minimum Gasteiger partial charge on any atom is -0.341 e. The Hall–Kier alpha value is -2.93. The van der Waals surface area contributed by atoms with Crippen molar-refractivity contribution in [1.29, 1.82) is 0 Å². The van der Waals surface area contributed by atoms with Gasteiger partial charge < -0.3 is 10.3 Å². The third-order valence-corrected chi connectivity index (χ3v) is 4.98.